The molecule has 0 spiro atoms. The maximum atomic E-state index is 12.4. The van der Waals surface area contributed by atoms with E-state index in [0.29, 0.717) is 5.56 Å². The van der Waals surface area contributed by atoms with Crippen molar-refractivity contribution in [1.29, 1.82) is 0 Å². The van der Waals surface area contributed by atoms with Crippen LogP contribution in [0.2, 0.25) is 0 Å². The first-order valence-electron chi connectivity index (χ1n) is 11.6. The molecule has 0 radical (unpaired) electrons. The van der Waals surface area contributed by atoms with Crippen molar-refractivity contribution in [2.24, 2.45) is 0 Å². The van der Waals surface area contributed by atoms with E-state index in [2.05, 4.69) is 5.32 Å². The highest BCUT2D eigenvalue weighted by Gasteiger charge is 2.64. The first-order chi connectivity index (χ1) is 18.3. The van der Waals surface area contributed by atoms with E-state index in [1.807, 2.05) is 0 Å². The van der Waals surface area contributed by atoms with Crippen molar-refractivity contribution >= 4 is 58.7 Å². The van der Waals surface area contributed by atoms with Gasteiger partial charge in [0.25, 0.3) is 0 Å². The third-order valence-corrected chi connectivity index (χ3v) is 8.93. The number of thiophene rings is 1. The van der Waals surface area contributed by atoms with Gasteiger partial charge in [-0.2, -0.15) is 11.3 Å². The number of fused-ring (bicyclic) bond motifs is 2. The molecule has 4 aliphatic heterocycles. The number of carbonyl (C=O) groups excluding carboxylic acids is 3. The number of aliphatic hydroxyl groups excluding tert-OH is 1. The van der Waals surface area contributed by atoms with E-state index in [9.17, 15) is 39.0 Å². The van der Waals surface area contributed by atoms with Crippen LogP contribution in [0.25, 0.3) is 0 Å². The first kappa shape index (κ1) is 28.4. The standard InChI is InChI=1S/C15H16N2O6S2.C8H9NO5/c1-15(2)9(14(22)23)17-11(19)8(12(17)25-15)16-10(18)7(13(20)21)6-3-4-24-5-6;10-2-1-4-7(8(12)13)9-5(11)3-6(9)14-4/h3-5,7-9,12H,1-2H3,(H,16,18)(H,20,21)(H,22,23);1,6-7,10H,2-3H2,(H,12,13)/b;4-1+/t7-,8-,9+,12-;6?,7-/m11/s1. The van der Waals surface area contributed by atoms with E-state index in [1.165, 1.54) is 39.0 Å². The van der Waals surface area contributed by atoms with Crippen LogP contribution >= 0.6 is 23.1 Å². The molecule has 0 aromatic carbocycles. The van der Waals surface area contributed by atoms with E-state index >= 15 is 0 Å². The van der Waals surface area contributed by atoms with Crippen molar-refractivity contribution in [3.8, 4) is 0 Å². The number of thioether (sulfide) groups is 1. The summed E-state index contributed by atoms with van der Waals surface area (Å²) in [7, 11) is 0. The number of aliphatic carboxylic acids is 3. The van der Waals surface area contributed by atoms with Gasteiger partial charge in [0.1, 0.15) is 23.2 Å². The minimum Gasteiger partial charge on any atom is -0.480 e. The van der Waals surface area contributed by atoms with Crippen molar-refractivity contribution in [2.75, 3.05) is 6.61 Å². The van der Waals surface area contributed by atoms with Gasteiger partial charge in [0, 0.05) is 4.75 Å². The molecule has 16 heteroatoms. The highest BCUT2D eigenvalue weighted by atomic mass is 32.2. The fraction of sp³-hybridized carbons (Fsp3) is 0.478. The molecular weight excluding hydrogens is 558 g/mol. The van der Waals surface area contributed by atoms with Crippen molar-refractivity contribution < 1.29 is 53.9 Å². The number of ether oxygens (including phenoxy) is 1. The number of carbonyl (C=O) groups is 6. The third-order valence-electron chi connectivity index (χ3n) is 6.65. The number of amides is 3. The van der Waals surface area contributed by atoms with E-state index < -0.39 is 70.1 Å². The fourth-order valence-electron chi connectivity index (χ4n) is 4.89. The molecule has 6 atom stereocenters. The summed E-state index contributed by atoms with van der Waals surface area (Å²) in [5.41, 5.74) is 0.349. The zero-order valence-electron chi connectivity index (χ0n) is 20.5. The van der Waals surface area contributed by atoms with Gasteiger partial charge < -0.3 is 35.4 Å². The lowest BCUT2D eigenvalue weighted by molar-refractivity contribution is -0.163. The summed E-state index contributed by atoms with van der Waals surface area (Å²) in [5, 5.41) is 41.4. The van der Waals surface area contributed by atoms with Gasteiger partial charge in [-0.3, -0.25) is 24.1 Å². The average Bonchev–Trinajstić information content (AvgIpc) is 3.52. The summed E-state index contributed by atoms with van der Waals surface area (Å²) in [5.74, 6) is -6.30. The molecule has 0 aliphatic carbocycles. The number of carboxylic acid groups (broad SMARTS) is 3. The van der Waals surface area contributed by atoms with E-state index in [0.717, 1.165) is 0 Å². The van der Waals surface area contributed by atoms with Crippen molar-refractivity contribution in [3.63, 3.8) is 0 Å². The average molecular weight is 584 g/mol. The third kappa shape index (κ3) is 4.94. The van der Waals surface area contributed by atoms with E-state index in [1.54, 1.807) is 30.7 Å². The monoisotopic (exact) mass is 583 g/mol. The molecule has 0 saturated carbocycles. The van der Waals surface area contributed by atoms with Gasteiger partial charge in [-0.1, -0.05) is 0 Å². The molecule has 14 nitrogen and oxygen atoms in total. The van der Waals surface area contributed by atoms with Crippen molar-refractivity contribution in [2.45, 2.75) is 60.7 Å². The van der Waals surface area contributed by atoms with Crippen LogP contribution in [0.3, 0.4) is 0 Å². The normalized spacial score (nSPS) is 29.6. The molecule has 39 heavy (non-hydrogen) atoms. The van der Waals surface area contributed by atoms with Gasteiger partial charge in [-0.25, -0.2) is 9.59 Å². The summed E-state index contributed by atoms with van der Waals surface area (Å²) in [6.07, 6.45) is 1.03. The van der Waals surface area contributed by atoms with Gasteiger partial charge in [0.05, 0.1) is 13.0 Å². The Bertz CT molecular complexity index is 1250. The zero-order valence-corrected chi connectivity index (χ0v) is 22.2. The Hall–Kier alpha value is -3.63. The fourth-order valence-corrected chi connectivity index (χ4v) is 7.20. The molecule has 4 fully saturated rings. The second-order valence-electron chi connectivity index (χ2n) is 9.52. The highest BCUT2D eigenvalue weighted by molar-refractivity contribution is 8.01. The molecule has 1 aromatic heterocycles. The molecule has 5 N–H and O–H groups in total. The molecule has 4 aliphatic rings. The second kappa shape index (κ2) is 10.5. The lowest BCUT2D eigenvalue weighted by Crippen LogP contribution is -2.71. The van der Waals surface area contributed by atoms with Crippen LogP contribution in [0.15, 0.2) is 28.7 Å². The Morgan fingerprint density at radius 3 is 2.38 bits per heavy atom. The maximum absolute atomic E-state index is 12.4. The first-order valence-corrected chi connectivity index (χ1v) is 13.4. The van der Waals surface area contributed by atoms with Crippen LogP contribution in [0.4, 0.5) is 0 Å². The number of hydrogen-bond acceptors (Lipinski definition) is 10. The predicted molar refractivity (Wildman–Crippen MR) is 133 cm³/mol. The Balaban J connectivity index is 0.000000212. The minimum atomic E-state index is -1.40. The topological polar surface area (TPSA) is 211 Å². The Labute approximate surface area is 229 Å². The number of nitrogens with zero attached hydrogens (tertiary/aromatic N) is 2. The van der Waals surface area contributed by atoms with E-state index in [4.69, 9.17) is 14.9 Å². The van der Waals surface area contributed by atoms with Gasteiger partial charge >= 0.3 is 17.9 Å². The Morgan fingerprint density at radius 2 is 1.87 bits per heavy atom. The molecule has 210 valence electrons. The molecule has 3 amide bonds. The molecule has 4 saturated heterocycles. The number of aliphatic hydroxyl groups is 1. The largest absolute Gasteiger partial charge is 0.480 e. The van der Waals surface area contributed by atoms with Gasteiger partial charge in [0.15, 0.2) is 18.2 Å². The number of rotatable bonds is 7. The maximum Gasteiger partial charge on any atom is 0.334 e. The lowest BCUT2D eigenvalue weighted by Gasteiger charge is -2.43. The van der Waals surface area contributed by atoms with Gasteiger partial charge in [0.2, 0.25) is 17.7 Å². The Kier molecular flexibility index (Phi) is 7.64. The van der Waals surface area contributed by atoms with Crippen LogP contribution in [0.5, 0.6) is 0 Å². The molecule has 0 bridgehead atoms. The summed E-state index contributed by atoms with van der Waals surface area (Å²) in [6.45, 7) is 3.16. The summed E-state index contributed by atoms with van der Waals surface area (Å²) in [4.78, 5) is 72.0. The second-order valence-corrected chi connectivity index (χ2v) is 12.1. The SMILES string of the molecule is CC1(C)S[C@@H]2[C@H](NC(=O)[C@H](C(=O)O)c3ccsc3)C(=O)N2[C@H]1C(=O)O.O=C(O)[C@H]1/C(=C\CO)OC2CC(=O)N21. The molecule has 1 unspecified atom stereocenters. The molecule has 5 heterocycles. The van der Waals surface area contributed by atoms with Crippen LogP contribution in [-0.4, -0.2) is 107 Å². The van der Waals surface area contributed by atoms with Crippen LogP contribution in [0.1, 0.15) is 31.7 Å². The van der Waals surface area contributed by atoms with Crippen molar-refractivity contribution in [1.82, 2.24) is 15.1 Å². The summed E-state index contributed by atoms with van der Waals surface area (Å²) < 4.78 is 4.47. The lowest BCUT2D eigenvalue weighted by atomic mass is 9.95. The van der Waals surface area contributed by atoms with Gasteiger partial charge in [-0.15, -0.1) is 11.8 Å². The number of β-lactam (4-membered cyclic amide) rings is 2. The molecular formula is C23H25N3O11S2. The van der Waals surface area contributed by atoms with E-state index in [-0.39, 0.29) is 24.7 Å². The van der Waals surface area contributed by atoms with Crippen LogP contribution in [0, 0.1) is 0 Å². The van der Waals surface area contributed by atoms with Crippen molar-refractivity contribution in [3.05, 3.63) is 34.2 Å². The summed E-state index contributed by atoms with van der Waals surface area (Å²) in [6, 6.07) is -1.41. The predicted octanol–water partition coefficient (Wildman–Crippen LogP) is -0.548. The molecule has 1 aromatic rings. The molecule has 5 rings (SSSR count). The number of hydrogen-bond donors (Lipinski definition) is 5. The van der Waals surface area contributed by atoms with Crippen LogP contribution in [-0.2, 0) is 33.5 Å². The number of carboxylic acids is 3. The smallest absolute Gasteiger partial charge is 0.334 e. The van der Waals surface area contributed by atoms with Gasteiger partial charge in [-0.05, 0) is 42.3 Å². The van der Waals surface area contributed by atoms with Crippen LogP contribution < -0.4 is 5.32 Å². The zero-order chi connectivity index (χ0) is 28.8. The number of nitrogens with one attached hydrogen (secondary N) is 1. The minimum absolute atomic E-state index is 0.149. The Morgan fingerprint density at radius 1 is 1.18 bits per heavy atom. The summed E-state index contributed by atoms with van der Waals surface area (Å²) >= 11 is 2.56. The quantitative estimate of drug-likeness (QED) is 0.202. The highest BCUT2D eigenvalue weighted by Crippen LogP contribution is 2.50.